The van der Waals surface area contributed by atoms with Crippen LogP contribution < -0.4 is 5.32 Å². The SMILES string of the molecule is CCC(C)C(NC(=O)OC(C)(C)C)C(=O)N1C(=O)CCC1=O. The van der Waals surface area contributed by atoms with E-state index in [2.05, 4.69) is 5.32 Å². The minimum atomic E-state index is -0.967. The quantitative estimate of drug-likeness (QED) is 0.796. The molecule has 7 nitrogen and oxygen atoms in total. The standard InChI is InChI=1S/C15H24N2O5/c1-6-9(2)12(16-14(21)22-15(3,4)5)13(20)17-10(18)7-8-11(17)19/h9,12H,6-8H2,1-5H3,(H,16,21). The van der Waals surface area contributed by atoms with Gasteiger partial charge in [0, 0.05) is 12.8 Å². The molecule has 0 radical (unpaired) electrons. The Labute approximate surface area is 130 Å². The summed E-state index contributed by atoms with van der Waals surface area (Å²) in [5.74, 6) is -1.96. The van der Waals surface area contributed by atoms with Gasteiger partial charge in [-0.1, -0.05) is 20.3 Å². The third kappa shape index (κ3) is 4.54. The van der Waals surface area contributed by atoms with Crippen LogP contribution in [0.4, 0.5) is 4.79 Å². The van der Waals surface area contributed by atoms with Crippen LogP contribution in [0.1, 0.15) is 53.9 Å². The van der Waals surface area contributed by atoms with Crippen LogP contribution in [0.2, 0.25) is 0 Å². The van der Waals surface area contributed by atoms with Crippen molar-refractivity contribution in [3.05, 3.63) is 0 Å². The summed E-state index contributed by atoms with van der Waals surface area (Å²) in [5.41, 5.74) is -0.702. The number of likely N-dealkylation sites (tertiary alicyclic amines) is 1. The van der Waals surface area contributed by atoms with Crippen LogP contribution in [0.25, 0.3) is 0 Å². The fourth-order valence-corrected chi connectivity index (χ4v) is 2.08. The molecule has 0 spiro atoms. The molecular weight excluding hydrogens is 288 g/mol. The van der Waals surface area contributed by atoms with Crippen molar-refractivity contribution in [1.82, 2.24) is 10.2 Å². The van der Waals surface area contributed by atoms with Gasteiger partial charge in [0.1, 0.15) is 11.6 Å². The number of ether oxygens (including phenoxy) is 1. The third-order valence-corrected chi connectivity index (χ3v) is 3.42. The van der Waals surface area contributed by atoms with Gasteiger partial charge in [0.25, 0.3) is 5.91 Å². The highest BCUT2D eigenvalue weighted by Gasteiger charge is 2.40. The summed E-state index contributed by atoms with van der Waals surface area (Å²) in [6, 6.07) is -0.967. The largest absolute Gasteiger partial charge is 0.444 e. The van der Waals surface area contributed by atoms with Gasteiger partial charge in [-0.3, -0.25) is 14.4 Å². The predicted octanol–water partition coefficient (Wildman–Crippen LogP) is 1.60. The molecule has 22 heavy (non-hydrogen) atoms. The molecule has 0 bridgehead atoms. The minimum Gasteiger partial charge on any atom is -0.444 e. The molecule has 124 valence electrons. The molecule has 1 aliphatic rings. The van der Waals surface area contributed by atoms with E-state index in [1.54, 1.807) is 27.7 Å². The van der Waals surface area contributed by atoms with Gasteiger partial charge in [-0.2, -0.15) is 0 Å². The second kappa shape index (κ2) is 6.89. The lowest BCUT2D eigenvalue weighted by Crippen LogP contribution is -2.53. The monoisotopic (exact) mass is 312 g/mol. The summed E-state index contributed by atoms with van der Waals surface area (Å²) >= 11 is 0. The summed E-state index contributed by atoms with van der Waals surface area (Å²) < 4.78 is 5.14. The minimum absolute atomic E-state index is 0.0320. The van der Waals surface area contributed by atoms with Gasteiger partial charge in [0.05, 0.1) is 0 Å². The van der Waals surface area contributed by atoms with E-state index in [0.29, 0.717) is 11.3 Å². The summed E-state index contributed by atoms with van der Waals surface area (Å²) in [6.07, 6.45) is -0.0816. The second-order valence-electron chi connectivity index (χ2n) is 6.47. The third-order valence-electron chi connectivity index (χ3n) is 3.42. The Morgan fingerprint density at radius 2 is 1.73 bits per heavy atom. The molecule has 2 atom stereocenters. The summed E-state index contributed by atoms with van der Waals surface area (Å²) in [7, 11) is 0. The van der Waals surface area contributed by atoms with Gasteiger partial charge < -0.3 is 10.1 Å². The first-order valence-electron chi connectivity index (χ1n) is 7.46. The Kier molecular flexibility index (Phi) is 5.68. The van der Waals surface area contributed by atoms with Crippen LogP contribution in [0.5, 0.6) is 0 Å². The van der Waals surface area contributed by atoms with Gasteiger partial charge in [-0.25, -0.2) is 9.69 Å². The molecule has 2 unspecified atom stereocenters. The van der Waals surface area contributed by atoms with E-state index < -0.39 is 35.5 Å². The highest BCUT2D eigenvalue weighted by molar-refractivity contribution is 6.16. The lowest BCUT2D eigenvalue weighted by atomic mass is 9.98. The Hall–Kier alpha value is -1.92. The van der Waals surface area contributed by atoms with Crippen LogP contribution in [0, 0.1) is 5.92 Å². The van der Waals surface area contributed by atoms with E-state index in [-0.39, 0.29) is 18.8 Å². The van der Waals surface area contributed by atoms with Gasteiger partial charge in [-0.05, 0) is 26.7 Å². The first kappa shape index (κ1) is 18.1. The zero-order valence-electron chi connectivity index (χ0n) is 13.8. The van der Waals surface area contributed by atoms with E-state index in [9.17, 15) is 19.2 Å². The van der Waals surface area contributed by atoms with Crippen molar-refractivity contribution in [2.45, 2.75) is 65.5 Å². The van der Waals surface area contributed by atoms with Crippen LogP contribution in [-0.4, -0.2) is 40.4 Å². The molecule has 1 rings (SSSR count). The van der Waals surface area contributed by atoms with Crippen molar-refractivity contribution in [3.8, 4) is 0 Å². The fraction of sp³-hybridized carbons (Fsp3) is 0.733. The van der Waals surface area contributed by atoms with Crippen molar-refractivity contribution < 1.29 is 23.9 Å². The predicted molar refractivity (Wildman–Crippen MR) is 78.7 cm³/mol. The van der Waals surface area contributed by atoms with E-state index in [4.69, 9.17) is 4.74 Å². The lowest BCUT2D eigenvalue weighted by Gasteiger charge is -2.28. The number of amides is 4. The van der Waals surface area contributed by atoms with Gasteiger partial charge in [0.2, 0.25) is 11.8 Å². The number of imide groups is 3. The summed E-state index contributed by atoms with van der Waals surface area (Å²) in [4.78, 5) is 48.4. The number of carbonyl (C=O) groups is 4. The van der Waals surface area contributed by atoms with Crippen molar-refractivity contribution in [2.75, 3.05) is 0 Å². The summed E-state index contributed by atoms with van der Waals surface area (Å²) in [6.45, 7) is 8.75. The Morgan fingerprint density at radius 3 is 2.14 bits per heavy atom. The number of rotatable bonds is 4. The van der Waals surface area contributed by atoms with Gasteiger partial charge in [-0.15, -0.1) is 0 Å². The molecule has 0 aromatic carbocycles. The average Bonchev–Trinajstić information content (AvgIpc) is 2.72. The molecule has 1 fully saturated rings. The van der Waals surface area contributed by atoms with Gasteiger partial charge >= 0.3 is 6.09 Å². The molecule has 0 saturated carbocycles. The van der Waals surface area contributed by atoms with Crippen LogP contribution in [-0.2, 0) is 19.1 Å². The smallest absolute Gasteiger partial charge is 0.408 e. The summed E-state index contributed by atoms with van der Waals surface area (Å²) in [5, 5.41) is 2.49. The molecule has 0 aliphatic carbocycles. The van der Waals surface area contributed by atoms with Crippen LogP contribution in [0.3, 0.4) is 0 Å². The molecule has 7 heteroatoms. The van der Waals surface area contributed by atoms with Crippen LogP contribution in [0.15, 0.2) is 0 Å². The molecule has 0 aromatic rings. The normalized spacial score (nSPS) is 18.1. The first-order valence-corrected chi connectivity index (χ1v) is 7.46. The number of carbonyl (C=O) groups excluding carboxylic acids is 4. The van der Waals surface area contributed by atoms with E-state index in [1.807, 2.05) is 6.92 Å². The molecule has 0 aromatic heterocycles. The molecule has 4 amide bonds. The van der Waals surface area contributed by atoms with E-state index in [0.717, 1.165) is 0 Å². The van der Waals surface area contributed by atoms with Gasteiger partial charge in [0.15, 0.2) is 0 Å². The maximum Gasteiger partial charge on any atom is 0.408 e. The molecule has 1 N–H and O–H groups in total. The maximum absolute atomic E-state index is 12.5. The molecular formula is C15H24N2O5. The highest BCUT2D eigenvalue weighted by Crippen LogP contribution is 2.18. The number of hydrogen-bond donors (Lipinski definition) is 1. The number of hydrogen-bond acceptors (Lipinski definition) is 5. The van der Waals surface area contributed by atoms with E-state index in [1.165, 1.54) is 0 Å². The Morgan fingerprint density at radius 1 is 1.23 bits per heavy atom. The van der Waals surface area contributed by atoms with Crippen molar-refractivity contribution in [1.29, 1.82) is 0 Å². The highest BCUT2D eigenvalue weighted by atomic mass is 16.6. The first-order chi connectivity index (χ1) is 10.1. The molecule has 1 heterocycles. The zero-order valence-corrected chi connectivity index (χ0v) is 13.8. The second-order valence-corrected chi connectivity index (χ2v) is 6.47. The van der Waals surface area contributed by atoms with Crippen molar-refractivity contribution >= 4 is 23.8 Å². The number of nitrogens with one attached hydrogen (secondary N) is 1. The average molecular weight is 312 g/mol. The number of nitrogens with zero attached hydrogens (tertiary/aromatic N) is 1. The molecule has 1 saturated heterocycles. The lowest BCUT2D eigenvalue weighted by molar-refractivity contribution is -0.151. The zero-order chi connectivity index (χ0) is 17.1. The topological polar surface area (TPSA) is 92.8 Å². The van der Waals surface area contributed by atoms with Crippen molar-refractivity contribution in [2.24, 2.45) is 5.92 Å². The van der Waals surface area contributed by atoms with Crippen molar-refractivity contribution in [3.63, 3.8) is 0 Å². The number of alkyl carbamates (subject to hydrolysis) is 1. The molecule has 1 aliphatic heterocycles. The fourth-order valence-electron chi connectivity index (χ4n) is 2.08. The Balaban J connectivity index is 2.89. The van der Waals surface area contributed by atoms with E-state index >= 15 is 0 Å². The Bertz CT molecular complexity index is 465. The maximum atomic E-state index is 12.5. The van der Waals surface area contributed by atoms with Crippen LogP contribution >= 0.6 is 0 Å².